The standard InChI is InChI=1S/C67H36F5N9/c68-57-56(58(69)60(71)61(72)59(57)70)55-53(80-49-27-15-13-25-45(49)47-35-43(29-31-51(47)80)66-76-62(39-17-5-1-6-18-39)74-63(77-66)40-19-7-2-8-20-40)33-38(37-73)34-54(55)81-50-28-16-14-26-46(50)48-36-44(30-32-52(48)81)67-78-64(41-21-9-3-10-22-41)75-65(79-67)42-23-11-4-12-24-42/h1-36H. The number of aromatic nitrogens is 8. The first-order valence-electron chi connectivity index (χ1n) is 25.6. The first-order valence-corrected chi connectivity index (χ1v) is 25.6. The van der Waals surface area contributed by atoms with Gasteiger partial charge < -0.3 is 9.13 Å². The first kappa shape index (κ1) is 48.3. The van der Waals surface area contributed by atoms with Gasteiger partial charge in [0.05, 0.1) is 50.6 Å². The lowest BCUT2D eigenvalue weighted by molar-refractivity contribution is 0.381. The minimum Gasteiger partial charge on any atom is -0.308 e. The van der Waals surface area contributed by atoms with E-state index in [2.05, 4.69) is 6.07 Å². The third kappa shape index (κ3) is 8.13. The summed E-state index contributed by atoms with van der Waals surface area (Å²) in [5, 5.41) is 13.5. The van der Waals surface area contributed by atoms with Gasteiger partial charge in [0.2, 0.25) is 5.82 Å². The Hall–Kier alpha value is -11.0. The van der Waals surface area contributed by atoms with E-state index in [0.29, 0.717) is 89.7 Å². The number of rotatable bonds is 9. The van der Waals surface area contributed by atoms with E-state index in [-0.39, 0.29) is 22.5 Å². The van der Waals surface area contributed by atoms with Crippen LogP contribution in [0.4, 0.5) is 22.0 Å². The van der Waals surface area contributed by atoms with Gasteiger partial charge in [-0.25, -0.2) is 51.9 Å². The second kappa shape index (κ2) is 19.5. The zero-order chi connectivity index (χ0) is 54.9. The van der Waals surface area contributed by atoms with E-state index in [4.69, 9.17) is 29.9 Å². The molecule has 0 saturated carbocycles. The van der Waals surface area contributed by atoms with Gasteiger partial charge in [0, 0.05) is 60.5 Å². The minimum absolute atomic E-state index is 0.0249. The van der Waals surface area contributed by atoms with Gasteiger partial charge in [-0.2, -0.15) is 5.26 Å². The molecule has 0 bridgehead atoms. The summed E-state index contributed by atoms with van der Waals surface area (Å²) in [5.74, 6) is -8.20. The summed E-state index contributed by atoms with van der Waals surface area (Å²) >= 11 is 0. The molecule has 0 saturated heterocycles. The number of nitriles is 1. The van der Waals surface area contributed by atoms with Gasteiger partial charge in [0.1, 0.15) is 0 Å². The van der Waals surface area contributed by atoms with Gasteiger partial charge in [0.25, 0.3) is 0 Å². The molecule has 0 unspecified atom stereocenters. The Morgan fingerprint density at radius 1 is 0.284 bits per heavy atom. The van der Waals surface area contributed by atoms with Crippen LogP contribution in [0.5, 0.6) is 0 Å². The Kier molecular flexibility index (Phi) is 11.6. The molecule has 4 heterocycles. The molecule has 0 amide bonds. The summed E-state index contributed by atoms with van der Waals surface area (Å²) in [6.07, 6.45) is 0. The Bertz CT molecular complexity index is 4480. The monoisotopic (exact) mass is 1060 g/mol. The molecule has 0 spiro atoms. The lowest BCUT2D eigenvalue weighted by Gasteiger charge is -2.22. The van der Waals surface area contributed by atoms with Gasteiger partial charge in [0.15, 0.2) is 58.2 Å². The Morgan fingerprint density at radius 2 is 0.580 bits per heavy atom. The van der Waals surface area contributed by atoms with Crippen LogP contribution in [0.15, 0.2) is 218 Å². The smallest absolute Gasteiger partial charge is 0.200 e. The van der Waals surface area contributed by atoms with Crippen LogP contribution >= 0.6 is 0 Å². The molecular formula is C67H36F5N9. The minimum atomic E-state index is -2.31. The van der Waals surface area contributed by atoms with Crippen LogP contribution in [0.3, 0.4) is 0 Å². The van der Waals surface area contributed by atoms with Crippen LogP contribution in [0.1, 0.15) is 5.56 Å². The van der Waals surface area contributed by atoms with Crippen molar-refractivity contribution in [2.45, 2.75) is 0 Å². The summed E-state index contributed by atoms with van der Waals surface area (Å²) in [6, 6.07) is 68.6. The number of hydrogen-bond acceptors (Lipinski definition) is 7. The van der Waals surface area contributed by atoms with E-state index in [1.807, 2.05) is 158 Å². The molecule has 0 N–H and O–H groups in total. The maximum atomic E-state index is 17.0. The predicted octanol–water partition coefficient (Wildman–Crippen LogP) is 16.5. The van der Waals surface area contributed by atoms with Gasteiger partial charge in [-0.05, 0) is 60.7 Å². The molecule has 0 atom stereocenters. The lowest BCUT2D eigenvalue weighted by atomic mass is 9.96. The highest BCUT2D eigenvalue weighted by Crippen LogP contribution is 2.46. The summed E-state index contributed by atoms with van der Waals surface area (Å²) < 4.78 is 84.5. The number of benzene rings is 10. The average Bonchev–Trinajstić information content (AvgIpc) is 4.22. The van der Waals surface area contributed by atoms with Gasteiger partial charge in [-0.1, -0.05) is 158 Å². The van der Waals surface area contributed by atoms with E-state index in [0.717, 1.165) is 22.3 Å². The fraction of sp³-hybridized carbons (Fsp3) is 0. The first-order chi connectivity index (χ1) is 39.7. The van der Waals surface area contributed by atoms with Crippen molar-refractivity contribution in [3.63, 3.8) is 0 Å². The second-order valence-electron chi connectivity index (χ2n) is 19.2. The van der Waals surface area contributed by atoms with E-state index in [1.165, 1.54) is 12.1 Å². The number of fused-ring (bicyclic) bond motifs is 6. The molecule has 0 fully saturated rings. The fourth-order valence-corrected chi connectivity index (χ4v) is 10.7. The second-order valence-corrected chi connectivity index (χ2v) is 19.2. The average molecular weight is 1060 g/mol. The topological polar surface area (TPSA) is 111 Å². The van der Waals surface area contributed by atoms with E-state index < -0.39 is 34.6 Å². The molecule has 0 aliphatic carbocycles. The molecule has 14 aromatic rings. The predicted molar refractivity (Wildman–Crippen MR) is 304 cm³/mol. The van der Waals surface area contributed by atoms with Crippen molar-refractivity contribution in [1.82, 2.24) is 39.0 Å². The molecule has 9 nitrogen and oxygen atoms in total. The molecule has 10 aromatic carbocycles. The van der Waals surface area contributed by atoms with Gasteiger partial charge in [-0.15, -0.1) is 0 Å². The number of halogens is 5. The van der Waals surface area contributed by atoms with Crippen LogP contribution in [-0.4, -0.2) is 39.0 Å². The van der Waals surface area contributed by atoms with Crippen LogP contribution in [0.2, 0.25) is 0 Å². The molecule has 14 rings (SSSR count). The zero-order valence-electron chi connectivity index (χ0n) is 42.2. The SMILES string of the molecule is N#Cc1cc(-n2c3ccccc3c3cc(-c4nc(-c5ccccc5)nc(-c5ccccc5)n4)ccc32)c(-c2c(F)c(F)c(F)c(F)c2F)c(-n2c3ccccc3c3cc(-c4nc(-c5ccccc5)nc(-c5ccccc5)n4)ccc32)c1. The van der Waals surface area contributed by atoms with Crippen molar-refractivity contribution in [2.75, 3.05) is 0 Å². The summed E-state index contributed by atoms with van der Waals surface area (Å²) in [5.41, 5.74) is 4.59. The van der Waals surface area contributed by atoms with Crippen molar-refractivity contribution in [1.29, 1.82) is 5.26 Å². The maximum absolute atomic E-state index is 17.0. The van der Waals surface area contributed by atoms with E-state index >= 15 is 22.0 Å². The number of nitrogens with zero attached hydrogens (tertiary/aromatic N) is 9. The summed E-state index contributed by atoms with van der Waals surface area (Å²) in [6.45, 7) is 0. The Labute approximate surface area is 457 Å². The Balaban J connectivity index is 1.03. The Morgan fingerprint density at radius 3 is 0.926 bits per heavy atom. The third-order valence-electron chi connectivity index (χ3n) is 14.4. The molecular weight excluding hydrogens is 1030 g/mol. The third-order valence-corrected chi connectivity index (χ3v) is 14.4. The van der Waals surface area contributed by atoms with E-state index in [1.54, 1.807) is 57.7 Å². The van der Waals surface area contributed by atoms with Crippen molar-refractivity contribution < 1.29 is 22.0 Å². The molecule has 0 aliphatic heterocycles. The van der Waals surface area contributed by atoms with Crippen molar-refractivity contribution >= 4 is 43.6 Å². The van der Waals surface area contributed by atoms with Gasteiger partial charge in [-0.3, -0.25) is 0 Å². The summed E-state index contributed by atoms with van der Waals surface area (Å²) in [7, 11) is 0. The summed E-state index contributed by atoms with van der Waals surface area (Å²) in [4.78, 5) is 29.5. The van der Waals surface area contributed by atoms with Crippen molar-refractivity contribution in [3.05, 3.63) is 253 Å². The van der Waals surface area contributed by atoms with Gasteiger partial charge >= 0.3 is 0 Å². The highest BCUT2D eigenvalue weighted by Gasteiger charge is 2.33. The number of para-hydroxylation sites is 2. The maximum Gasteiger partial charge on any atom is 0.200 e. The zero-order valence-corrected chi connectivity index (χ0v) is 42.2. The molecule has 384 valence electrons. The molecule has 0 radical (unpaired) electrons. The lowest BCUT2D eigenvalue weighted by Crippen LogP contribution is -2.10. The van der Waals surface area contributed by atoms with Crippen LogP contribution in [0, 0.1) is 40.4 Å². The number of hydrogen-bond donors (Lipinski definition) is 0. The van der Waals surface area contributed by atoms with Crippen LogP contribution in [0.25, 0.3) is 134 Å². The van der Waals surface area contributed by atoms with Crippen molar-refractivity contribution in [3.8, 4) is 96.9 Å². The fourth-order valence-electron chi connectivity index (χ4n) is 10.7. The van der Waals surface area contributed by atoms with Crippen molar-refractivity contribution in [2.24, 2.45) is 0 Å². The van der Waals surface area contributed by atoms with Crippen LogP contribution < -0.4 is 0 Å². The molecule has 14 heteroatoms. The van der Waals surface area contributed by atoms with E-state index in [9.17, 15) is 5.26 Å². The molecule has 81 heavy (non-hydrogen) atoms. The normalized spacial score (nSPS) is 11.5. The largest absolute Gasteiger partial charge is 0.308 e. The molecule has 4 aromatic heterocycles. The quantitative estimate of drug-likeness (QED) is 0.0804. The highest BCUT2D eigenvalue weighted by atomic mass is 19.2. The highest BCUT2D eigenvalue weighted by molar-refractivity contribution is 6.13. The molecule has 0 aliphatic rings. The van der Waals surface area contributed by atoms with Crippen LogP contribution in [-0.2, 0) is 0 Å².